The van der Waals surface area contributed by atoms with E-state index in [2.05, 4.69) is 10.7 Å². The van der Waals surface area contributed by atoms with Crippen LogP contribution in [0.2, 0.25) is 10.0 Å². The molecule has 1 aliphatic heterocycles. The van der Waals surface area contributed by atoms with Crippen molar-refractivity contribution in [2.45, 2.75) is 25.3 Å². The maximum atomic E-state index is 12.4. The molecule has 2 atom stereocenters. The molecule has 1 amide bonds. The van der Waals surface area contributed by atoms with Gasteiger partial charge in [-0.05, 0) is 48.7 Å². The van der Waals surface area contributed by atoms with Crippen molar-refractivity contribution in [1.82, 2.24) is 15.8 Å². The summed E-state index contributed by atoms with van der Waals surface area (Å²) in [5.41, 5.74) is 5.42. The smallest absolute Gasteiger partial charge is 0.241 e. The topological polar surface area (TPSA) is 44.4 Å². The largest absolute Gasteiger partial charge is 0.351 e. The van der Waals surface area contributed by atoms with Gasteiger partial charge in [-0.2, -0.15) is 0 Å². The Morgan fingerprint density at radius 2 is 1.74 bits per heavy atom. The zero-order valence-corrected chi connectivity index (χ0v) is 16.7. The van der Waals surface area contributed by atoms with Gasteiger partial charge in [-0.25, -0.2) is 5.43 Å². The van der Waals surface area contributed by atoms with Gasteiger partial charge in [0.05, 0.1) is 0 Å². The minimum Gasteiger partial charge on any atom is -0.351 e. The summed E-state index contributed by atoms with van der Waals surface area (Å²) in [6, 6.07) is 15.6. The molecule has 2 aromatic rings. The zero-order valence-electron chi connectivity index (χ0n) is 15.2. The third kappa shape index (κ3) is 5.73. The van der Waals surface area contributed by atoms with Gasteiger partial charge >= 0.3 is 0 Å². The Morgan fingerprint density at radius 3 is 2.33 bits per heavy atom. The number of rotatable bonds is 7. The summed E-state index contributed by atoms with van der Waals surface area (Å²) in [7, 11) is 0. The van der Waals surface area contributed by atoms with Gasteiger partial charge in [0.15, 0.2) is 0 Å². The van der Waals surface area contributed by atoms with E-state index in [-0.39, 0.29) is 24.4 Å². The third-order valence-corrected chi connectivity index (χ3v) is 5.17. The number of carbonyl (C=O) groups excluding carboxylic acids is 1. The highest BCUT2D eigenvalue weighted by atomic mass is 35.5. The number of carbonyl (C=O) groups is 1. The molecule has 0 aromatic heterocycles. The number of nitrogens with one attached hydrogen (secondary N) is 2. The number of hydrazine groups is 1. The molecule has 1 aliphatic rings. The van der Waals surface area contributed by atoms with Crippen molar-refractivity contribution in [3.8, 4) is 0 Å². The first kappa shape index (κ1) is 19.7. The van der Waals surface area contributed by atoms with E-state index < -0.39 is 0 Å². The summed E-state index contributed by atoms with van der Waals surface area (Å²) in [6.07, 6.45) is 4.66. The Bertz CT molecular complexity index is 790. The van der Waals surface area contributed by atoms with Crippen molar-refractivity contribution >= 4 is 29.1 Å². The molecule has 6 heteroatoms. The minimum atomic E-state index is -0.0408. The second-order valence-corrected chi connectivity index (χ2v) is 7.59. The lowest BCUT2D eigenvalue weighted by Gasteiger charge is -2.27. The normalized spacial score (nSPS) is 15.6. The SMILES string of the molecule is C[C@@H](NC(=O)CN1C=CCN1)[C@H](Cc1ccc(Cl)cc1)c1ccc(Cl)cc1. The van der Waals surface area contributed by atoms with Gasteiger partial charge in [-0.1, -0.05) is 53.5 Å². The lowest BCUT2D eigenvalue weighted by atomic mass is 9.86. The average molecular weight is 404 g/mol. The molecule has 0 fully saturated rings. The quantitative estimate of drug-likeness (QED) is 0.729. The number of hydrogen-bond donors (Lipinski definition) is 2. The second kappa shape index (κ2) is 9.27. The van der Waals surface area contributed by atoms with Gasteiger partial charge in [-0.15, -0.1) is 0 Å². The molecule has 2 aromatic carbocycles. The van der Waals surface area contributed by atoms with Crippen LogP contribution in [-0.2, 0) is 11.2 Å². The summed E-state index contributed by atoms with van der Waals surface area (Å²) in [5.74, 6) is 0.103. The van der Waals surface area contributed by atoms with Gasteiger partial charge < -0.3 is 10.3 Å². The van der Waals surface area contributed by atoms with Crippen molar-refractivity contribution in [3.63, 3.8) is 0 Å². The molecule has 2 N–H and O–H groups in total. The van der Waals surface area contributed by atoms with E-state index >= 15 is 0 Å². The molecule has 3 rings (SSSR count). The predicted octanol–water partition coefficient (Wildman–Crippen LogP) is 4.16. The zero-order chi connectivity index (χ0) is 19.2. The van der Waals surface area contributed by atoms with E-state index in [0.29, 0.717) is 10.0 Å². The first-order valence-electron chi connectivity index (χ1n) is 8.97. The molecule has 4 nitrogen and oxygen atoms in total. The van der Waals surface area contributed by atoms with E-state index in [1.54, 1.807) is 5.01 Å². The van der Waals surface area contributed by atoms with Crippen LogP contribution in [-0.4, -0.2) is 30.0 Å². The van der Waals surface area contributed by atoms with Crippen LogP contribution in [0, 0.1) is 0 Å². The standard InChI is InChI=1S/C21H23Cl2N3O/c1-15(25-21(27)14-26-12-2-11-24-26)20(17-5-9-19(23)10-6-17)13-16-3-7-18(22)8-4-16/h2-10,12,15,20,24H,11,13-14H2,1H3,(H,25,27)/t15-,20+/m1/s1. The Hall–Kier alpha value is -2.01. The highest BCUT2D eigenvalue weighted by Crippen LogP contribution is 2.26. The van der Waals surface area contributed by atoms with Gasteiger partial charge in [0.2, 0.25) is 5.91 Å². The first-order chi connectivity index (χ1) is 13.0. The maximum absolute atomic E-state index is 12.4. The molecule has 0 spiro atoms. The Balaban J connectivity index is 1.73. The average Bonchev–Trinajstić information content (AvgIpc) is 3.15. The predicted molar refractivity (Wildman–Crippen MR) is 111 cm³/mol. The Labute approximate surface area is 170 Å². The van der Waals surface area contributed by atoms with Gasteiger partial charge in [0.25, 0.3) is 0 Å². The number of benzene rings is 2. The van der Waals surface area contributed by atoms with Crippen molar-refractivity contribution in [2.75, 3.05) is 13.1 Å². The molecule has 0 radical (unpaired) electrons. The summed E-state index contributed by atoms with van der Waals surface area (Å²) in [5, 5.41) is 6.35. The van der Waals surface area contributed by atoms with Crippen LogP contribution in [0.1, 0.15) is 24.0 Å². The molecule has 1 heterocycles. The Morgan fingerprint density at radius 1 is 1.11 bits per heavy atom. The number of hydrogen-bond acceptors (Lipinski definition) is 3. The molecule has 0 saturated heterocycles. The highest BCUT2D eigenvalue weighted by molar-refractivity contribution is 6.30. The maximum Gasteiger partial charge on any atom is 0.241 e. The summed E-state index contributed by atoms with van der Waals surface area (Å²) in [4.78, 5) is 12.4. The van der Waals surface area contributed by atoms with E-state index in [0.717, 1.165) is 18.5 Å². The number of nitrogens with zero attached hydrogens (tertiary/aromatic N) is 1. The van der Waals surface area contributed by atoms with Gasteiger partial charge in [-0.3, -0.25) is 4.79 Å². The van der Waals surface area contributed by atoms with Crippen molar-refractivity contribution in [1.29, 1.82) is 0 Å². The van der Waals surface area contributed by atoms with E-state index in [1.165, 1.54) is 5.56 Å². The van der Waals surface area contributed by atoms with Crippen molar-refractivity contribution in [2.24, 2.45) is 0 Å². The minimum absolute atomic E-state index is 0.0170. The summed E-state index contributed by atoms with van der Waals surface area (Å²) < 4.78 is 0. The van der Waals surface area contributed by atoms with E-state index in [4.69, 9.17) is 23.2 Å². The fourth-order valence-electron chi connectivity index (χ4n) is 3.23. The fourth-order valence-corrected chi connectivity index (χ4v) is 3.49. The molecule has 0 aliphatic carbocycles. The molecule has 27 heavy (non-hydrogen) atoms. The van der Waals surface area contributed by atoms with E-state index in [1.807, 2.05) is 67.7 Å². The number of amides is 1. The molecule has 0 unspecified atom stereocenters. The van der Waals surface area contributed by atoms with Crippen LogP contribution >= 0.6 is 23.2 Å². The monoisotopic (exact) mass is 403 g/mol. The summed E-state index contributed by atoms with van der Waals surface area (Å²) in [6.45, 7) is 3.09. The Kier molecular flexibility index (Phi) is 6.78. The van der Waals surface area contributed by atoms with Crippen molar-refractivity contribution < 1.29 is 4.79 Å². The summed E-state index contributed by atoms with van der Waals surface area (Å²) >= 11 is 12.1. The van der Waals surface area contributed by atoms with Gasteiger partial charge in [0.1, 0.15) is 6.54 Å². The van der Waals surface area contributed by atoms with Crippen LogP contribution in [0.15, 0.2) is 60.8 Å². The number of halogens is 2. The molecular weight excluding hydrogens is 381 g/mol. The molecule has 0 saturated carbocycles. The first-order valence-corrected chi connectivity index (χ1v) is 9.73. The van der Waals surface area contributed by atoms with Crippen LogP contribution in [0.25, 0.3) is 0 Å². The van der Waals surface area contributed by atoms with Crippen LogP contribution in [0.4, 0.5) is 0 Å². The van der Waals surface area contributed by atoms with Crippen LogP contribution in [0.3, 0.4) is 0 Å². The van der Waals surface area contributed by atoms with Gasteiger partial charge in [0, 0.05) is 34.7 Å². The third-order valence-electron chi connectivity index (χ3n) is 4.67. The highest BCUT2D eigenvalue weighted by Gasteiger charge is 2.22. The molecular formula is C21H23Cl2N3O. The van der Waals surface area contributed by atoms with Crippen LogP contribution in [0.5, 0.6) is 0 Å². The van der Waals surface area contributed by atoms with Crippen molar-refractivity contribution in [3.05, 3.63) is 82.0 Å². The molecule has 142 valence electrons. The van der Waals surface area contributed by atoms with Crippen LogP contribution < -0.4 is 10.7 Å². The lowest BCUT2D eigenvalue weighted by Crippen LogP contribution is -2.44. The fraction of sp³-hybridized carbons (Fsp3) is 0.286. The molecule has 0 bridgehead atoms. The lowest BCUT2D eigenvalue weighted by molar-refractivity contribution is -0.122. The van der Waals surface area contributed by atoms with E-state index in [9.17, 15) is 4.79 Å². The second-order valence-electron chi connectivity index (χ2n) is 6.72.